The first-order valence-corrected chi connectivity index (χ1v) is 11.0. The molecule has 2 aromatic carbocycles. The van der Waals surface area contributed by atoms with Crippen LogP contribution in [0.5, 0.6) is 5.75 Å². The van der Waals surface area contributed by atoms with Crippen molar-refractivity contribution in [2.75, 3.05) is 11.9 Å². The Bertz CT molecular complexity index is 1020. The molecule has 1 aromatic heterocycles. The van der Waals surface area contributed by atoms with Crippen molar-refractivity contribution < 1.29 is 9.53 Å². The molecular weight excluding hydrogens is 386 g/mol. The van der Waals surface area contributed by atoms with E-state index in [0.717, 1.165) is 47.3 Å². The molecule has 1 heterocycles. The van der Waals surface area contributed by atoms with Crippen LogP contribution in [0.15, 0.2) is 66.9 Å². The molecule has 5 heteroatoms. The topological polar surface area (TPSA) is 63.2 Å². The van der Waals surface area contributed by atoms with Crippen molar-refractivity contribution in [1.82, 2.24) is 10.3 Å². The molecule has 31 heavy (non-hydrogen) atoms. The second-order valence-corrected chi connectivity index (χ2v) is 8.13. The average molecular weight is 416 g/mol. The predicted octanol–water partition coefficient (Wildman–Crippen LogP) is 5.63. The Hall–Kier alpha value is -3.34. The number of aryl methyl sites for hydroxylation is 1. The van der Waals surface area contributed by atoms with Crippen LogP contribution in [0.1, 0.15) is 47.3 Å². The monoisotopic (exact) mass is 415 g/mol. The van der Waals surface area contributed by atoms with Gasteiger partial charge in [-0.25, -0.2) is 0 Å². The first kappa shape index (κ1) is 20.9. The van der Waals surface area contributed by atoms with Gasteiger partial charge >= 0.3 is 0 Å². The lowest BCUT2D eigenvalue weighted by Gasteiger charge is -2.25. The van der Waals surface area contributed by atoms with E-state index in [-0.39, 0.29) is 5.91 Å². The van der Waals surface area contributed by atoms with E-state index < -0.39 is 0 Å². The maximum Gasteiger partial charge on any atom is 0.251 e. The highest BCUT2D eigenvalue weighted by Crippen LogP contribution is 2.29. The number of pyridine rings is 1. The summed E-state index contributed by atoms with van der Waals surface area (Å²) in [5.41, 5.74) is 4.50. The van der Waals surface area contributed by atoms with Crippen LogP contribution in [-0.4, -0.2) is 17.4 Å². The van der Waals surface area contributed by atoms with Gasteiger partial charge in [0.2, 0.25) is 0 Å². The summed E-state index contributed by atoms with van der Waals surface area (Å²) in [4.78, 5) is 16.8. The van der Waals surface area contributed by atoms with Gasteiger partial charge in [-0.15, -0.1) is 0 Å². The fourth-order valence-electron chi connectivity index (χ4n) is 3.67. The van der Waals surface area contributed by atoms with Crippen LogP contribution >= 0.6 is 0 Å². The van der Waals surface area contributed by atoms with Crippen LogP contribution in [0.4, 0.5) is 11.4 Å². The summed E-state index contributed by atoms with van der Waals surface area (Å²) < 4.78 is 5.85. The molecular formula is C26H29N3O2. The number of hydrogen-bond donors (Lipinski definition) is 2. The van der Waals surface area contributed by atoms with E-state index in [1.54, 1.807) is 6.20 Å². The Balaban J connectivity index is 1.33. The van der Waals surface area contributed by atoms with Crippen LogP contribution in [0.3, 0.4) is 0 Å². The molecule has 0 saturated heterocycles. The highest BCUT2D eigenvalue weighted by atomic mass is 16.5. The summed E-state index contributed by atoms with van der Waals surface area (Å²) in [6.45, 7) is 3.22. The number of benzene rings is 2. The molecule has 0 radical (unpaired) electrons. The van der Waals surface area contributed by atoms with E-state index in [9.17, 15) is 4.79 Å². The lowest BCUT2D eigenvalue weighted by molar-refractivity contribution is 0.0949. The fourth-order valence-corrected chi connectivity index (χ4v) is 3.67. The van der Waals surface area contributed by atoms with Crippen molar-refractivity contribution in [2.24, 2.45) is 5.92 Å². The van der Waals surface area contributed by atoms with Crippen molar-refractivity contribution in [3.63, 3.8) is 0 Å². The Labute approximate surface area is 183 Å². The third kappa shape index (κ3) is 5.85. The zero-order valence-corrected chi connectivity index (χ0v) is 17.9. The first-order chi connectivity index (χ1) is 15.2. The standard InChI is InChI=1S/C26H29N3O2/c1-19-16-24(31-18-23-9-2-3-14-27-23)11-12-25(19)29-22-10-5-8-21(17-22)26(30)28-15-13-20-6-4-7-20/h2-3,5,8-12,14,16-17,20,29H,4,6-7,13,15,18H2,1H3,(H,28,30). The van der Waals surface area contributed by atoms with Crippen LogP contribution in [0.25, 0.3) is 0 Å². The second kappa shape index (κ2) is 10.1. The molecule has 0 bridgehead atoms. The molecule has 0 aliphatic heterocycles. The summed E-state index contributed by atoms with van der Waals surface area (Å²) in [7, 11) is 0. The maximum atomic E-state index is 12.5. The van der Waals surface area contributed by atoms with Gasteiger partial charge in [-0.05, 0) is 73.4 Å². The molecule has 1 fully saturated rings. The van der Waals surface area contributed by atoms with Gasteiger partial charge in [0.1, 0.15) is 12.4 Å². The quantitative estimate of drug-likeness (QED) is 0.475. The van der Waals surface area contributed by atoms with Crippen LogP contribution < -0.4 is 15.4 Å². The predicted molar refractivity (Wildman–Crippen MR) is 124 cm³/mol. The summed E-state index contributed by atoms with van der Waals surface area (Å²) in [6, 6.07) is 19.3. The number of hydrogen-bond acceptors (Lipinski definition) is 4. The van der Waals surface area contributed by atoms with Crippen molar-refractivity contribution in [3.8, 4) is 5.75 Å². The van der Waals surface area contributed by atoms with E-state index in [0.29, 0.717) is 12.2 Å². The fraction of sp³-hybridized carbons (Fsp3) is 0.308. The second-order valence-electron chi connectivity index (χ2n) is 8.13. The molecule has 1 aliphatic carbocycles. The van der Waals surface area contributed by atoms with Crippen molar-refractivity contribution in [2.45, 2.75) is 39.2 Å². The summed E-state index contributed by atoms with van der Waals surface area (Å²) in [6.07, 6.45) is 6.80. The summed E-state index contributed by atoms with van der Waals surface area (Å²) in [5.74, 6) is 1.58. The first-order valence-electron chi connectivity index (χ1n) is 11.0. The van der Waals surface area contributed by atoms with Gasteiger partial charge in [0, 0.05) is 29.7 Å². The van der Waals surface area contributed by atoms with Gasteiger partial charge in [0.15, 0.2) is 0 Å². The number of aromatic nitrogens is 1. The van der Waals surface area contributed by atoms with E-state index in [4.69, 9.17) is 4.74 Å². The van der Waals surface area contributed by atoms with Crippen molar-refractivity contribution in [3.05, 3.63) is 83.7 Å². The molecule has 1 saturated carbocycles. The number of ether oxygens (including phenoxy) is 1. The van der Waals surface area contributed by atoms with Gasteiger partial charge in [-0.3, -0.25) is 9.78 Å². The van der Waals surface area contributed by atoms with E-state index in [1.807, 2.05) is 67.6 Å². The molecule has 1 amide bonds. The Morgan fingerprint density at radius 3 is 2.74 bits per heavy atom. The smallest absolute Gasteiger partial charge is 0.251 e. The van der Waals surface area contributed by atoms with Crippen LogP contribution in [-0.2, 0) is 6.61 Å². The van der Waals surface area contributed by atoms with Crippen LogP contribution in [0, 0.1) is 12.8 Å². The number of anilines is 2. The highest BCUT2D eigenvalue weighted by Gasteiger charge is 2.17. The molecule has 1 aliphatic rings. The molecule has 5 nitrogen and oxygen atoms in total. The average Bonchev–Trinajstić information content (AvgIpc) is 2.76. The largest absolute Gasteiger partial charge is 0.487 e. The number of nitrogens with zero attached hydrogens (tertiary/aromatic N) is 1. The maximum absolute atomic E-state index is 12.5. The molecule has 4 rings (SSSR count). The number of rotatable bonds is 9. The third-order valence-electron chi connectivity index (χ3n) is 5.78. The molecule has 2 N–H and O–H groups in total. The zero-order chi connectivity index (χ0) is 21.5. The minimum atomic E-state index is -0.0158. The number of carbonyl (C=O) groups is 1. The Morgan fingerprint density at radius 1 is 1.10 bits per heavy atom. The van der Waals surface area contributed by atoms with Crippen molar-refractivity contribution in [1.29, 1.82) is 0 Å². The van der Waals surface area contributed by atoms with Gasteiger partial charge in [0.05, 0.1) is 5.69 Å². The third-order valence-corrected chi connectivity index (χ3v) is 5.78. The zero-order valence-electron chi connectivity index (χ0n) is 17.9. The lowest BCUT2D eigenvalue weighted by Crippen LogP contribution is -2.27. The Morgan fingerprint density at radius 2 is 2.00 bits per heavy atom. The number of carbonyl (C=O) groups excluding carboxylic acids is 1. The molecule has 0 unspecified atom stereocenters. The summed E-state index contributed by atoms with van der Waals surface area (Å²) >= 11 is 0. The van der Waals surface area contributed by atoms with Gasteiger partial charge in [0.25, 0.3) is 5.91 Å². The Kier molecular flexibility index (Phi) is 6.82. The van der Waals surface area contributed by atoms with Gasteiger partial charge in [-0.2, -0.15) is 0 Å². The lowest BCUT2D eigenvalue weighted by atomic mass is 9.83. The van der Waals surface area contributed by atoms with Crippen LogP contribution in [0.2, 0.25) is 0 Å². The summed E-state index contributed by atoms with van der Waals surface area (Å²) in [5, 5.41) is 6.46. The van der Waals surface area contributed by atoms with Gasteiger partial charge in [-0.1, -0.05) is 31.4 Å². The number of amides is 1. The van der Waals surface area contributed by atoms with E-state index in [1.165, 1.54) is 19.3 Å². The molecule has 160 valence electrons. The SMILES string of the molecule is Cc1cc(OCc2ccccn2)ccc1Nc1cccc(C(=O)NCCC2CCC2)c1. The van der Waals surface area contributed by atoms with Gasteiger partial charge < -0.3 is 15.4 Å². The minimum absolute atomic E-state index is 0.0158. The van der Waals surface area contributed by atoms with Crippen molar-refractivity contribution >= 4 is 17.3 Å². The molecule has 0 spiro atoms. The molecule has 0 atom stereocenters. The normalized spacial score (nSPS) is 13.3. The minimum Gasteiger partial charge on any atom is -0.487 e. The number of nitrogens with one attached hydrogen (secondary N) is 2. The van der Waals surface area contributed by atoms with E-state index in [2.05, 4.69) is 15.6 Å². The highest BCUT2D eigenvalue weighted by molar-refractivity contribution is 5.95. The van der Waals surface area contributed by atoms with E-state index >= 15 is 0 Å². The molecule has 3 aromatic rings.